The Balaban J connectivity index is 1.32. The number of likely N-dealkylation sites (tertiary alicyclic amines) is 2. The summed E-state index contributed by atoms with van der Waals surface area (Å²) in [6.45, 7) is 10.2. The standard InChI is InChI=1S/C29H38F6N4O2/c1-18-12-22(14-23(13-18)28(30,31)32)27-37-25(29(33,34)35)24(41-27)17-38-9-5-21(6-10-38)26(40)36-7-4-8-39-15-19(2)11-20(3)16-39/h12-14,19-21H,4-11,15-17H2,1-3H3,(H,36,40)/t19-,20+. The Morgan fingerprint density at radius 1 is 1.00 bits per heavy atom. The maximum absolute atomic E-state index is 13.8. The van der Waals surface area contributed by atoms with Gasteiger partial charge in [-0.15, -0.1) is 0 Å². The highest BCUT2D eigenvalue weighted by atomic mass is 19.4. The van der Waals surface area contributed by atoms with Gasteiger partial charge in [-0.2, -0.15) is 26.3 Å². The van der Waals surface area contributed by atoms with E-state index in [1.165, 1.54) is 19.4 Å². The topological polar surface area (TPSA) is 61.6 Å². The molecule has 1 amide bonds. The van der Waals surface area contributed by atoms with Gasteiger partial charge in [-0.3, -0.25) is 9.69 Å². The van der Waals surface area contributed by atoms with Crippen LogP contribution in [0.15, 0.2) is 22.6 Å². The minimum atomic E-state index is -4.84. The fourth-order valence-electron chi connectivity index (χ4n) is 6.06. The third-order valence-corrected chi connectivity index (χ3v) is 7.84. The summed E-state index contributed by atoms with van der Waals surface area (Å²) < 4.78 is 86.5. The van der Waals surface area contributed by atoms with Gasteiger partial charge in [-0.25, -0.2) is 4.98 Å². The molecule has 1 N–H and O–H groups in total. The van der Waals surface area contributed by atoms with E-state index in [9.17, 15) is 31.1 Å². The Hall–Kier alpha value is -2.60. The highest BCUT2D eigenvalue weighted by Crippen LogP contribution is 2.38. The smallest absolute Gasteiger partial charge is 0.436 e. The average Bonchev–Trinajstić information content (AvgIpc) is 3.30. The summed E-state index contributed by atoms with van der Waals surface area (Å²) >= 11 is 0. The first-order chi connectivity index (χ1) is 19.2. The molecular formula is C29H38F6N4O2. The van der Waals surface area contributed by atoms with Crippen molar-refractivity contribution in [1.29, 1.82) is 0 Å². The van der Waals surface area contributed by atoms with Crippen molar-refractivity contribution in [1.82, 2.24) is 20.1 Å². The van der Waals surface area contributed by atoms with Crippen molar-refractivity contribution in [2.75, 3.05) is 39.3 Å². The zero-order valence-corrected chi connectivity index (χ0v) is 23.7. The normalized spacial score (nSPS) is 21.8. The molecule has 0 bridgehead atoms. The molecule has 0 unspecified atom stereocenters. The number of piperidine rings is 2. The SMILES string of the molecule is Cc1cc(-c2nc(C(F)(F)F)c(CN3CCC(C(=O)NCCCN4C[C@H](C)C[C@H](C)C4)CC3)o2)cc(C(F)(F)F)c1. The van der Waals surface area contributed by atoms with E-state index in [1.54, 1.807) is 4.90 Å². The zero-order chi connectivity index (χ0) is 29.9. The highest BCUT2D eigenvalue weighted by Gasteiger charge is 2.40. The first-order valence-electron chi connectivity index (χ1n) is 14.2. The first kappa shape index (κ1) is 31.3. The van der Waals surface area contributed by atoms with Gasteiger partial charge in [-0.1, -0.05) is 13.8 Å². The molecule has 6 nitrogen and oxygen atoms in total. The van der Waals surface area contributed by atoms with Gasteiger partial charge in [0.15, 0.2) is 11.5 Å². The van der Waals surface area contributed by atoms with Gasteiger partial charge >= 0.3 is 12.4 Å². The quantitative estimate of drug-likeness (QED) is 0.286. The number of halogens is 6. The summed E-state index contributed by atoms with van der Waals surface area (Å²) in [5.41, 5.74) is -2.19. The second kappa shape index (κ2) is 12.7. The summed E-state index contributed by atoms with van der Waals surface area (Å²) in [5.74, 6) is 0.138. The molecule has 0 aliphatic carbocycles. The van der Waals surface area contributed by atoms with Crippen LogP contribution in [0.3, 0.4) is 0 Å². The zero-order valence-electron chi connectivity index (χ0n) is 23.7. The van der Waals surface area contributed by atoms with Gasteiger partial charge < -0.3 is 14.6 Å². The Morgan fingerprint density at radius 3 is 2.27 bits per heavy atom. The van der Waals surface area contributed by atoms with Gasteiger partial charge in [0.05, 0.1) is 12.1 Å². The maximum Gasteiger partial charge on any atom is 0.436 e. The Kier molecular flexibility index (Phi) is 9.73. The number of nitrogens with one attached hydrogen (secondary N) is 1. The number of aromatic nitrogens is 1. The van der Waals surface area contributed by atoms with Crippen LogP contribution in [0.25, 0.3) is 11.5 Å². The molecular weight excluding hydrogens is 550 g/mol. The number of oxazole rings is 1. The molecule has 0 spiro atoms. The van der Waals surface area contributed by atoms with Gasteiger partial charge in [0, 0.05) is 31.1 Å². The Bertz CT molecular complexity index is 1180. The van der Waals surface area contributed by atoms with Gasteiger partial charge in [-0.05, 0) is 87.8 Å². The molecule has 3 heterocycles. The minimum Gasteiger partial charge on any atom is -0.439 e. The maximum atomic E-state index is 13.8. The monoisotopic (exact) mass is 588 g/mol. The van der Waals surface area contributed by atoms with E-state index in [2.05, 4.69) is 29.0 Å². The van der Waals surface area contributed by atoms with Gasteiger partial charge in [0.1, 0.15) is 0 Å². The van der Waals surface area contributed by atoms with Crippen LogP contribution in [0.1, 0.15) is 62.1 Å². The molecule has 1 aromatic heterocycles. The fourth-order valence-corrected chi connectivity index (χ4v) is 6.06. The van der Waals surface area contributed by atoms with E-state index in [-0.39, 0.29) is 29.5 Å². The van der Waals surface area contributed by atoms with Crippen LogP contribution >= 0.6 is 0 Å². The number of benzene rings is 1. The van der Waals surface area contributed by atoms with E-state index in [4.69, 9.17) is 4.42 Å². The lowest BCUT2D eigenvalue weighted by Crippen LogP contribution is -2.42. The summed E-state index contributed by atoms with van der Waals surface area (Å²) in [6, 6.07) is 2.96. The second-order valence-electron chi connectivity index (χ2n) is 11.8. The number of rotatable bonds is 8. The first-order valence-corrected chi connectivity index (χ1v) is 14.2. The predicted molar refractivity (Wildman–Crippen MR) is 142 cm³/mol. The van der Waals surface area contributed by atoms with Crippen LogP contribution in [0.5, 0.6) is 0 Å². The lowest BCUT2D eigenvalue weighted by molar-refractivity contribution is -0.142. The minimum absolute atomic E-state index is 0.0390. The molecule has 2 aromatic rings. The lowest BCUT2D eigenvalue weighted by atomic mass is 9.92. The number of aryl methyl sites for hydroxylation is 1. The third kappa shape index (κ3) is 8.47. The van der Waals surface area contributed by atoms with Crippen LogP contribution < -0.4 is 5.32 Å². The molecule has 2 aliphatic heterocycles. The average molecular weight is 589 g/mol. The molecule has 2 fully saturated rings. The summed E-state index contributed by atoms with van der Waals surface area (Å²) in [5, 5.41) is 3.01. The summed E-state index contributed by atoms with van der Waals surface area (Å²) in [4.78, 5) is 20.4. The Morgan fingerprint density at radius 2 is 1.66 bits per heavy atom. The predicted octanol–water partition coefficient (Wildman–Crippen LogP) is 6.38. The van der Waals surface area contributed by atoms with E-state index >= 15 is 0 Å². The van der Waals surface area contributed by atoms with Crippen LogP contribution in [0, 0.1) is 24.7 Å². The molecule has 2 aliphatic rings. The van der Waals surface area contributed by atoms with Crippen molar-refractivity contribution in [2.24, 2.45) is 17.8 Å². The number of hydrogen-bond donors (Lipinski definition) is 1. The molecule has 0 radical (unpaired) electrons. The summed E-state index contributed by atoms with van der Waals surface area (Å²) in [6.07, 6.45) is -6.41. The van der Waals surface area contributed by atoms with Gasteiger partial charge in [0.25, 0.3) is 0 Å². The molecule has 4 rings (SSSR count). The number of alkyl halides is 6. The van der Waals surface area contributed by atoms with E-state index in [1.807, 2.05) is 0 Å². The van der Waals surface area contributed by atoms with Crippen molar-refractivity contribution in [2.45, 2.75) is 65.4 Å². The molecule has 1 aromatic carbocycles. The number of nitrogens with zero attached hydrogens (tertiary/aromatic N) is 3. The molecule has 2 saturated heterocycles. The number of amides is 1. The number of carbonyl (C=O) groups is 1. The fraction of sp³-hybridized carbons (Fsp3) is 0.655. The molecule has 228 valence electrons. The van der Waals surface area contributed by atoms with Crippen molar-refractivity contribution < 1.29 is 35.6 Å². The van der Waals surface area contributed by atoms with E-state index in [0.717, 1.165) is 38.2 Å². The highest BCUT2D eigenvalue weighted by molar-refractivity contribution is 5.78. The van der Waals surface area contributed by atoms with E-state index in [0.29, 0.717) is 44.3 Å². The van der Waals surface area contributed by atoms with E-state index < -0.39 is 35.3 Å². The number of hydrogen-bond acceptors (Lipinski definition) is 5. The van der Waals surface area contributed by atoms with Crippen molar-refractivity contribution in [3.05, 3.63) is 40.8 Å². The Labute approximate surface area is 236 Å². The lowest BCUT2D eigenvalue weighted by Gasteiger charge is -2.35. The van der Waals surface area contributed by atoms with Crippen LogP contribution in [0.4, 0.5) is 26.3 Å². The molecule has 0 saturated carbocycles. The third-order valence-electron chi connectivity index (χ3n) is 7.84. The van der Waals surface area contributed by atoms with Crippen LogP contribution in [0.2, 0.25) is 0 Å². The summed E-state index contributed by atoms with van der Waals surface area (Å²) in [7, 11) is 0. The largest absolute Gasteiger partial charge is 0.439 e. The van der Waals surface area contributed by atoms with Crippen molar-refractivity contribution in [3.63, 3.8) is 0 Å². The molecule has 12 heteroatoms. The van der Waals surface area contributed by atoms with Crippen molar-refractivity contribution in [3.8, 4) is 11.5 Å². The van der Waals surface area contributed by atoms with Crippen LogP contribution in [-0.4, -0.2) is 60.0 Å². The second-order valence-corrected chi connectivity index (χ2v) is 11.8. The molecule has 2 atom stereocenters. The van der Waals surface area contributed by atoms with Gasteiger partial charge in [0.2, 0.25) is 11.8 Å². The molecule has 41 heavy (non-hydrogen) atoms. The van der Waals surface area contributed by atoms with Crippen LogP contribution in [-0.2, 0) is 23.7 Å². The number of carbonyl (C=O) groups excluding carboxylic acids is 1. The van der Waals surface area contributed by atoms with Crippen molar-refractivity contribution >= 4 is 5.91 Å².